The molecule has 0 aliphatic heterocycles. The Bertz CT molecular complexity index is 861. The molecule has 4 nitrogen and oxygen atoms in total. The Kier molecular flexibility index (Phi) is 4.00. The van der Waals surface area contributed by atoms with Crippen LogP contribution in [0.25, 0.3) is 22.3 Å². The molecule has 0 fully saturated rings. The average Bonchev–Trinajstić information content (AvgIpc) is 2.56. The predicted octanol–water partition coefficient (Wildman–Crippen LogP) is 3.75. The lowest BCUT2D eigenvalue weighted by molar-refractivity contribution is 0.100. The summed E-state index contributed by atoms with van der Waals surface area (Å²) in [5.41, 5.74) is 15.7. The Labute approximate surface area is 138 Å². The lowest BCUT2D eigenvalue weighted by Gasteiger charge is -2.13. The standard InChI is InChI=1S/C18H14ClN3O/c19-14-3-1-11(2-4-14)13-9-15(12-5-7-22-8-6-12)17(20)16(10-13)18(21)23/h1-10H,20H2,(H2,21,23). The number of primary amides is 1. The number of pyridine rings is 1. The third-order valence-corrected chi connectivity index (χ3v) is 3.87. The number of amides is 1. The van der Waals surface area contributed by atoms with Gasteiger partial charge in [0.2, 0.25) is 0 Å². The van der Waals surface area contributed by atoms with Crippen LogP contribution < -0.4 is 11.5 Å². The smallest absolute Gasteiger partial charge is 0.250 e. The molecule has 1 aromatic heterocycles. The summed E-state index contributed by atoms with van der Waals surface area (Å²) in [7, 11) is 0. The van der Waals surface area contributed by atoms with E-state index in [1.807, 2.05) is 30.3 Å². The van der Waals surface area contributed by atoms with Crippen LogP contribution in [0.2, 0.25) is 5.02 Å². The molecule has 0 unspecified atom stereocenters. The summed E-state index contributed by atoms with van der Waals surface area (Å²) in [6.45, 7) is 0. The third kappa shape index (κ3) is 3.03. The zero-order chi connectivity index (χ0) is 16.4. The van der Waals surface area contributed by atoms with Crippen LogP contribution in [0.3, 0.4) is 0 Å². The maximum atomic E-state index is 11.8. The number of hydrogen-bond donors (Lipinski definition) is 2. The molecule has 0 radical (unpaired) electrons. The van der Waals surface area contributed by atoms with E-state index in [2.05, 4.69) is 4.98 Å². The molecule has 1 amide bonds. The molecule has 0 aliphatic rings. The molecule has 4 N–H and O–H groups in total. The van der Waals surface area contributed by atoms with Crippen LogP contribution in [0, 0.1) is 0 Å². The van der Waals surface area contributed by atoms with Crippen LogP contribution >= 0.6 is 11.6 Å². The first-order valence-electron chi connectivity index (χ1n) is 6.96. The summed E-state index contributed by atoms with van der Waals surface area (Å²) in [4.78, 5) is 15.8. The van der Waals surface area contributed by atoms with Gasteiger partial charge >= 0.3 is 0 Å². The topological polar surface area (TPSA) is 82.0 Å². The Morgan fingerprint density at radius 2 is 1.57 bits per heavy atom. The van der Waals surface area contributed by atoms with Gasteiger partial charge in [-0.3, -0.25) is 9.78 Å². The summed E-state index contributed by atoms with van der Waals surface area (Å²) in [5, 5.41) is 0.647. The first kappa shape index (κ1) is 15.1. The highest BCUT2D eigenvalue weighted by atomic mass is 35.5. The summed E-state index contributed by atoms with van der Waals surface area (Å²) in [6.07, 6.45) is 3.35. The Balaban J connectivity index is 2.24. The lowest BCUT2D eigenvalue weighted by Crippen LogP contribution is -2.14. The molecule has 1 heterocycles. The van der Waals surface area contributed by atoms with Crippen molar-refractivity contribution in [2.75, 3.05) is 5.73 Å². The van der Waals surface area contributed by atoms with Crippen LogP contribution in [-0.2, 0) is 0 Å². The van der Waals surface area contributed by atoms with Crippen LogP contribution in [-0.4, -0.2) is 10.9 Å². The van der Waals surface area contributed by atoms with E-state index < -0.39 is 5.91 Å². The van der Waals surface area contributed by atoms with Crippen LogP contribution in [0.5, 0.6) is 0 Å². The second kappa shape index (κ2) is 6.10. The van der Waals surface area contributed by atoms with Gasteiger partial charge in [-0.2, -0.15) is 0 Å². The van der Waals surface area contributed by atoms with E-state index in [-0.39, 0.29) is 0 Å². The zero-order valence-electron chi connectivity index (χ0n) is 12.2. The monoisotopic (exact) mass is 323 g/mol. The van der Waals surface area contributed by atoms with Crippen molar-refractivity contribution in [3.63, 3.8) is 0 Å². The van der Waals surface area contributed by atoms with E-state index in [1.165, 1.54) is 0 Å². The van der Waals surface area contributed by atoms with Crippen molar-refractivity contribution in [2.24, 2.45) is 5.73 Å². The number of nitrogens with zero attached hydrogens (tertiary/aromatic N) is 1. The molecule has 0 saturated carbocycles. The van der Waals surface area contributed by atoms with Crippen molar-refractivity contribution in [3.8, 4) is 22.3 Å². The third-order valence-electron chi connectivity index (χ3n) is 3.61. The highest BCUT2D eigenvalue weighted by Crippen LogP contribution is 2.34. The Morgan fingerprint density at radius 1 is 0.913 bits per heavy atom. The van der Waals surface area contributed by atoms with Gasteiger partial charge in [-0.15, -0.1) is 0 Å². The zero-order valence-corrected chi connectivity index (χ0v) is 12.9. The van der Waals surface area contributed by atoms with Gasteiger partial charge in [0.25, 0.3) is 5.91 Å². The molecule has 3 aromatic rings. The molecule has 0 atom stereocenters. The van der Waals surface area contributed by atoms with Crippen LogP contribution in [0.4, 0.5) is 5.69 Å². The Morgan fingerprint density at radius 3 is 2.17 bits per heavy atom. The van der Waals surface area contributed by atoms with Crippen molar-refractivity contribution >= 4 is 23.2 Å². The number of nitrogen functional groups attached to an aromatic ring is 1. The molecule has 0 saturated heterocycles. The molecule has 0 aliphatic carbocycles. The van der Waals surface area contributed by atoms with Gasteiger partial charge in [0.15, 0.2) is 0 Å². The normalized spacial score (nSPS) is 10.5. The number of anilines is 1. The van der Waals surface area contributed by atoms with Gasteiger partial charge in [0.1, 0.15) is 0 Å². The van der Waals surface area contributed by atoms with E-state index in [0.717, 1.165) is 22.3 Å². The molecule has 114 valence electrons. The fraction of sp³-hybridized carbons (Fsp3) is 0. The van der Waals surface area contributed by atoms with E-state index in [0.29, 0.717) is 16.3 Å². The van der Waals surface area contributed by atoms with Gasteiger partial charge in [-0.05, 0) is 53.1 Å². The molecule has 0 spiro atoms. The van der Waals surface area contributed by atoms with Crippen molar-refractivity contribution in [3.05, 3.63) is 71.5 Å². The number of carbonyl (C=O) groups excluding carboxylic acids is 1. The van der Waals surface area contributed by atoms with Crippen molar-refractivity contribution in [1.82, 2.24) is 4.98 Å². The molecule has 0 bridgehead atoms. The van der Waals surface area contributed by atoms with Gasteiger partial charge < -0.3 is 11.5 Å². The summed E-state index contributed by atoms with van der Waals surface area (Å²) in [5.74, 6) is -0.561. The highest BCUT2D eigenvalue weighted by molar-refractivity contribution is 6.30. The van der Waals surface area contributed by atoms with Gasteiger partial charge in [0, 0.05) is 23.0 Å². The van der Waals surface area contributed by atoms with Crippen molar-refractivity contribution in [1.29, 1.82) is 0 Å². The number of hydrogen-bond acceptors (Lipinski definition) is 3. The van der Waals surface area contributed by atoms with Gasteiger partial charge in [-0.25, -0.2) is 0 Å². The van der Waals surface area contributed by atoms with Crippen molar-refractivity contribution < 1.29 is 4.79 Å². The van der Waals surface area contributed by atoms with E-state index in [9.17, 15) is 4.79 Å². The number of aromatic nitrogens is 1. The quantitative estimate of drug-likeness (QED) is 0.720. The number of benzene rings is 2. The SMILES string of the molecule is NC(=O)c1cc(-c2ccc(Cl)cc2)cc(-c2ccncc2)c1N. The Hall–Kier alpha value is -2.85. The van der Waals surface area contributed by atoms with E-state index in [1.54, 1.807) is 30.6 Å². The van der Waals surface area contributed by atoms with Gasteiger partial charge in [-0.1, -0.05) is 23.7 Å². The predicted molar refractivity (Wildman–Crippen MR) is 93.0 cm³/mol. The summed E-state index contributed by atoms with van der Waals surface area (Å²) >= 11 is 5.93. The van der Waals surface area contributed by atoms with Crippen LogP contribution in [0.1, 0.15) is 10.4 Å². The number of carbonyl (C=O) groups is 1. The number of halogens is 1. The van der Waals surface area contributed by atoms with E-state index >= 15 is 0 Å². The average molecular weight is 324 g/mol. The first-order chi connectivity index (χ1) is 11.1. The highest BCUT2D eigenvalue weighted by Gasteiger charge is 2.14. The summed E-state index contributed by atoms with van der Waals surface area (Å²) in [6, 6.07) is 14.7. The minimum Gasteiger partial charge on any atom is -0.398 e. The summed E-state index contributed by atoms with van der Waals surface area (Å²) < 4.78 is 0. The fourth-order valence-electron chi connectivity index (χ4n) is 2.44. The molecular formula is C18H14ClN3O. The van der Waals surface area contributed by atoms with Gasteiger partial charge in [0.05, 0.1) is 11.3 Å². The second-order valence-corrected chi connectivity index (χ2v) is 5.53. The van der Waals surface area contributed by atoms with Crippen molar-refractivity contribution in [2.45, 2.75) is 0 Å². The maximum absolute atomic E-state index is 11.8. The minimum atomic E-state index is -0.561. The number of rotatable bonds is 3. The first-order valence-corrected chi connectivity index (χ1v) is 7.33. The largest absolute Gasteiger partial charge is 0.398 e. The maximum Gasteiger partial charge on any atom is 0.250 e. The molecule has 2 aromatic carbocycles. The van der Waals surface area contributed by atoms with E-state index in [4.69, 9.17) is 23.1 Å². The molecule has 23 heavy (non-hydrogen) atoms. The number of nitrogens with two attached hydrogens (primary N) is 2. The molecular weight excluding hydrogens is 310 g/mol. The lowest BCUT2D eigenvalue weighted by atomic mass is 9.94. The minimum absolute atomic E-state index is 0.296. The molecule has 3 rings (SSSR count). The van der Waals surface area contributed by atoms with Crippen LogP contribution in [0.15, 0.2) is 60.9 Å². The fourth-order valence-corrected chi connectivity index (χ4v) is 2.56. The molecule has 5 heteroatoms. The second-order valence-electron chi connectivity index (χ2n) is 5.09.